The molecule has 6 heteroatoms. The Morgan fingerprint density at radius 3 is 2.50 bits per heavy atom. The van der Waals surface area contributed by atoms with Gasteiger partial charge in [-0.15, -0.1) is 0 Å². The molecule has 0 amide bonds. The number of carbonyl (C=O) groups is 1. The van der Waals surface area contributed by atoms with Gasteiger partial charge in [0.05, 0.1) is 25.9 Å². The Morgan fingerprint density at radius 1 is 0.969 bits per heavy atom. The highest BCUT2D eigenvalue weighted by Crippen LogP contribution is 2.30. The number of rotatable bonds is 9. The van der Waals surface area contributed by atoms with Crippen LogP contribution < -0.4 is 19.1 Å². The van der Waals surface area contributed by atoms with Crippen molar-refractivity contribution >= 4 is 11.7 Å². The fourth-order valence-electron chi connectivity index (χ4n) is 3.64. The maximum absolute atomic E-state index is 12.2. The third kappa shape index (κ3) is 5.52. The van der Waals surface area contributed by atoms with Gasteiger partial charge in [0.1, 0.15) is 30.5 Å². The van der Waals surface area contributed by atoms with Gasteiger partial charge < -0.3 is 23.8 Å². The van der Waals surface area contributed by atoms with Crippen LogP contribution in [0.4, 0.5) is 5.69 Å². The van der Waals surface area contributed by atoms with E-state index < -0.39 is 12.1 Å². The van der Waals surface area contributed by atoms with Crippen LogP contribution in [0, 0.1) is 0 Å². The summed E-state index contributed by atoms with van der Waals surface area (Å²) in [7, 11) is 1.37. The lowest BCUT2D eigenvalue weighted by molar-refractivity contribution is -0.148. The first-order valence-electron chi connectivity index (χ1n) is 10.7. The Kier molecular flexibility index (Phi) is 7.12. The van der Waals surface area contributed by atoms with Gasteiger partial charge in [0.25, 0.3) is 0 Å². The summed E-state index contributed by atoms with van der Waals surface area (Å²) in [4.78, 5) is 14.5. The van der Waals surface area contributed by atoms with Crippen molar-refractivity contribution in [2.24, 2.45) is 0 Å². The number of hydrogen-bond acceptors (Lipinski definition) is 6. The van der Waals surface area contributed by atoms with E-state index in [1.54, 1.807) is 0 Å². The zero-order chi connectivity index (χ0) is 22.2. The molecular weight excluding hydrogens is 406 g/mol. The molecule has 0 aliphatic carbocycles. The number of nitrogens with zero attached hydrogens (tertiary/aromatic N) is 1. The molecule has 3 aromatic rings. The topological polar surface area (TPSA) is 57.2 Å². The normalized spacial score (nSPS) is 13.5. The molecule has 166 valence electrons. The fourth-order valence-corrected chi connectivity index (χ4v) is 3.64. The number of benzene rings is 3. The Bertz CT molecular complexity index is 1010. The minimum atomic E-state index is -0.712. The average molecular weight is 434 g/mol. The van der Waals surface area contributed by atoms with Gasteiger partial charge in [0.2, 0.25) is 0 Å². The van der Waals surface area contributed by atoms with E-state index >= 15 is 0 Å². The summed E-state index contributed by atoms with van der Waals surface area (Å²) in [5, 5.41) is 0. The molecule has 1 aliphatic rings. The zero-order valence-corrected chi connectivity index (χ0v) is 18.1. The van der Waals surface area contributed by atoms with Gasteiger partial charge in [-0.2, -0.15) is 0 Å². The van der Waals surface area contributed by atoms with E-state index in [1.165, 1.54) is 7.11 Å². The first-order chi connectivity index (χ1) is 15.7. The molecule has 0 radical (unpaired) electrons. The average Bonchev–Trinajstić information content (AvgIpc) is 2.85. The van der Waals surface area contributed by atoms with Crippen molar-refractivity contribution < 1.29 is 23.7 Å². The molecule has 4 rings (SSSR count). The molecule has 0 N–H and O–H groups in total. The van der Waals surface area contributed by atoms with Crippen molar-refractivity contribution in [2.45, 2.75) is 12.5 Å². The van der Waals surface area contributed by atoms with Crippen LogP contribution in [0.5, 0.6) is 17.2 Å². The molecule has 0 spiro atoms. The molecule has 0 fully saturated rings. The summed E-state index contributed by atoms with van der Waals surface area (Å²) in [5.74, 6) is 1.93. The standard InChI is InChI=1S/C26H27NO5/c1-29-26(28)25(32-22-7-3-2-4-8-22)19-20-11-13-21(14-12-20)30-17-15-27-16-18-31-24-10-6-5-9-23(24)27/h2-14,25H,15-19H2,1H3. The Labute approximate surface area is 188 Å². The van der Waals surface area contributed by atoms with Gasteiger partial charge in [0, 0.05) is 6.42 Å². The number of ether oxygens (including phenoxy) is 4. The third-order valence-electron chi connectivity index (χ3n) is 5.28. The van der Waals surface area contributed by atoms with Crippen molar-refractivity contribution in [1.29, 1.82) is 0 Å². The maximum Gasteiger partial charge on any atom is 0.347 e. The lowest BCUT2D eigenvalue weighted by Gasteiger charge is -2.31. The van der Waals surface area contributed by atoms with Gasteiger partial charge in [-0.05, 0) is 42.0 Å². The second-order valence-corrected chi connectivity index (χ2v) is 7.44. The first-order valence-corrected chi connectivity index (χ1v) is 10.7. The lowest BCUT2D eigenvalue weighted by atomic mass is 10.1. The van der Waals surface area contributed by atoms with Crippen LogP contribution in [0.15, 0.2) is 78.9 Å². The number of esters is 1. The number of fused-ring (bicyclic) bond motifs is 1. The third-order valence-corrected chi connectivity index (χ3v) is 5.28. The minimum Gasteiger partial charge on any atom is -0.492 e. The number of carbonyl (C=O) groups excluding carboxylic acids is 1. The van der Waals surface area contributed by atoms with Crippen LogP contribution in [0.2, 0.25) is 0 Å². The van der Waals surface area contributed by atoms with E-state index in [-0.39, 0.29) is 0 Å². The van der Waals surface area contributed by atoms with Gasteiger partial charge in [-0.25, -0.2) is 4.79 Å². The highest BCUT2D eigenvalue weighted by molar-refractivity contribution is 5.75. The second kappa shape index (κ2) is 10.6. The largest absolute Gasteiger partial charge is 0.492 e. The quantitative estimate of drug-likeness (QED) is 0.473. The first kappa shape index (κ1) is 21.6. The molecule has 1 heterocycles. The Morgan fingerprint density at radius 2 is 1.72 bits per heavy atom. The number of para-hydroxylation sites is 3. The van der Waals surface area contributed by atoms with Crippen LogP contribution in [-0.4, -0.2) is 45.5 Å². The molecule has 32 heavy (non-hydrogen) atoms. The van der Waals surface area contributed by atoms with Crippen LogP contribution >= 0.6 is 0 Å². The molecule has 0 saturated carbocycles. The van der Waals surface area contributed by atoms with Gasteiger partial charge in [-0.1, -0.05) is 42.5 Å². The van der Waals surface area contributed by atoms with Crippen molar-refractivity contribution in [3.05, 3.63) is 84.4 Å². The van der Waals surface area contributed by atoms with Gasteiger partial charge in [0.15, 0.2) is 6.10 Å². The van der Waals surface area contributed by atoms with E-state index in [0.717, 1.165) is 35.8 Å². The summed E-state index contributed by atoms with van der Waals surface area (Å²) in [6.45, 7) is 2.86. The smallest absolute Gasteiger partial charge is 0.347 e. The summed E-state index contributed by atoms with van der Waals surface area (Å²) in [6.07, 6.45) is -0.303. The highest BCUT2D eigenvalue weighted by atomic mass is 16.6. The second-order valence-electron chi connectivity index (χ2n) is 7.44. The Balaban J connectivity index is 1.31. The Hall–Kier alpha value is -3.67. The van der Waals surface area contributed by atoms with Crippen molar-refractivity contribution in [3.63, 3.8) is 0 Å². The zero-order valence-electron chi connectivity index (χ0n) is 18.1. The molecule has 0 bridgehead atoms. The number of methoxy groups -OCH3 is 1. The predicted molar refractivity (Wildman–Crippen MR) is 123 cm³/mol. The SMILES string of the molecule is COC(=O)C(Cc1ccc(OCCN2CCOc3ccccc32)cc1)Oc1ccccc1. The molecule has 3 aromatic carbocycles. The summed E-state index contributed by atoms with van der Waals surface area (Å²) in [5.41, 5.74) is 2.07. The molecule has 0 saturated heterocycles. The summed E-state index contributed by atoms with van der Waals surface area (Å²) >= 11 is 0. The summed E-state index contributed by atoms with van der Waals surface area (Å²) in [6, 6.07) is 25.1. The van der Waals surface area contributed by atoms with Crippen LogP contribution in [-0.2, 0) is 16.0 Å². The molecular formula is C26H27NO5. The van der Waals surface area contributed by atoms with Crippen LogP contribution in [0.1, 0.15) is 5.56 Å². The van der Waals surface area contributed by atoms with E-state index in [0.29, 0.717) is 25.4 Å². The molecule has 1 unspecified atom stereocenters. The fraction of sp³-hybridized carbons (Fsp3) is 0.269. The maximum atomic E-state index is 12.2. The molecule has 6 nitrogen and oxygen atoms in total. The van der Waals surface area contributed by atoms with Crippen LogP contribution in [0.3, 0.4) is 0 Å². The molecule has 1 atom stereocenters. The number of hydrogen-bond donors (Lipinski definition) is 0. The van der Waals surface area contributed by atoms with Crippen molar-refractivity contribution in [2.75, 3.05) is 38.3 Å². The van der Waals surface area contributed by atoms with E-state index in [1.807, 2.05) is 72.8 Å². The number of anilines is 1. The monoisotopic (exact) mass is 433 g/mol. The van der Waals surface area contributed by atoms with Crippen molar-refractivity contribution in [1.82, 2.24) is 0 Å². The lowest BCUT2D eigenvalue weighted by Crippen LogP contribution is -2.35. The van der Waals surface area contributed by atoms with Gasteiger partial charge in [-0.3, -0.25) is 0 Å². The van der Waals surface area contributed by atoms with Gasteiger partial charge >= 0.3 is 5.97 Å². The van der Waals surface area contributed by atoms with E-state index in [4.69, 9.17) is 18.9 Å². The van der Waals surface area contributed by atoms with E-state index in [2.05, 4.69) is 11.0 Å². The molecule has 1 aliphatic heterocycles. The van der Waals surface area contributed by atoms with E-state index in [9.17, 15) is 4.79 Å². The predicted octanol–water partition coefficient (Wildman–Crippen LogP) is 4.13. The van der Waals surface area contributed by atoms with Crippen molar-refractivity contribution in [3.8, 4) is 17.2 Å². The van der Waals surface area contributed by atoms with Crippen LogP contribution in [0.25, 0.3) is 0 Å². The summed E-state index contributed by atoms with van der Waals surface area (Å²) < 4.78 is 22.4. The minimum absolute atomic E-state index is 0.403. The highest BCUT2D eigenvalue weighted by Gasteiger charge is 2.22. The molecule has 0 aromatic heterocycles.